The van der Waals surface area contributed by atoms with Gasteiger partial charge in [-0.15, -0.1) is 0 Å². The third-order valence-corrected chi connectivity index (χ3v) is 6.05. The van der Waals surface area contributed by atoms with Gasteiger partial charge in [-0.05, 0) is 38.1 Å². The second-order valence-electron chi connectivity index (χ2n) is 8.83. The Morgan fingerprint density at radius 1 is 0.838 bits per heavy atom. The van der Waals surface area contributed by atoms with Gasteiger partial charge in [0, 0.05) is 33.3 Å². The number of rotatable bonds is 5. The number of anilines is 1. The molecule has 0 atom stereocenters. The van der Waals surface area contributed by atoms with Crippen molar-refractivity contribution < 1.29 is 23.9 Å². The molecule has 0 saturated carbocycles. The van der Waals surface area contributed by atoms with E-state index in [0.717, 1.165) is 0 Å². The van der Waals surface area contributed by atoms with Gasteiger partial charge in [-0.25, -0.2) is 9.48 Å². The minimum absolute atomic E-state index is 0.0757. The minimum atomic E-state index is -0.858. The first-order chi connectivity index (χ1) is 17.8. The number of hydrogen-bond acceptors (Lipinski definition) is 7. The zero-order valence-electron chi connectivity index (χ0n) is 20.0. The standard InChI is InChI=1S/C28H21N3O6/c1-15(2)31-27(35)21-10-6-3-7-17(21)24(30-31)28(36)37-14-23(32)29-16-11-12-20-22(13-16)26(34)19-9-5-4-8-18(19)25(20)33/h3-13,15H,14H2,1-2H3,(H,29,32). The van der Waals surface area contributed by atoms with Gasteiger partial charge in [0.15, 0.2) is 23.9 Å². The molecule has 1 aliphatic carbocycles. The van der Waals surface area contributed by atoms with Crippen LogP contribution in [0.5, 0.6) is 0 Å². The molecule has 37 heavy (non-hydrogen) atoms. The zero-order chi connectivity index (χ0) is 26.3. The van der Waals surface area contributed by atoms with Gasteiger partial charge in [0.2, 0.25) is 0 Å². The highest BCUT2D eigenvalue weighted by Gasteiger charge is 2.29. The van der Waals surface area contributed by atoms with Crippen LogP contribution in [0, 0.1) is 0 Å². The lowest BCUT2D eigenvalue weighted by molar-refractivity contribution is -0.119. The van der Waals surface area contributed by atoms with Crippen molar-refractivity contribution in [1.82, 2.24) is 9.78 Å². The maximum atomic E-state index is 12.9. The van der Waals surface area contributed by atoms with Crippen LogP contribution in [0.3, 0.4) is 0 Å². The van der Waals surface area contributed by atoms with Crippen LogP contribution in [0.25, 0.3) is 10.8 Å². The number of aromatic nitrogens is 2. The fraction of sp³-hybridized carbons (Fsp3) is 0.143. The van der Waals surface area contributed by atoms with Crippen molar-refractivity contribution in [3.05, 3.63) is 105 Å². The van der Waals surface area contributed by atoms with Gasteiger partial charge < -0.3 is 10.1 Å². The van der Waals surface area contributed by atoms with Gasteiger partial charge in [-0.3, -0.25) is 19.2 Å². The summed E-state index contributed by atoms with van der Waals surface area (Å²) in [5.74, 6) is -2.08. The van der Waals surface area contributed by atoms with Gasteiger partial charge in [0.25, 0.3) is 11.5 Å². The molecule has 0 unspecified atom stereocenters. The Morgan fingerprint density at radius 2 is 1.43 bits per heavy atom. The van der Waals surface area contributed by atoms with Crippen LogP contribution in [-0.4, -0.2) is 39.8 Å². The Balaban J connectivity index is 1.33. The average molecular weight is 495 g/mol. The highest BCUT2D eigenvalue weighted by molar-refractivity contribution is 6.28. The van der Waals surface area contributed by atoms with Crippen LogP contribution < -0.4 is 10.9 Å². The Morgan fingerprint density at radius 3 is 2.11 bits per heavy atom. The van der Waals surface area contributed by atoms with Gasteiger partial charge >= 0.3 is 5.97 Å². The number of esters is 1. The minimum Gasteiger partial charge on any atom is -0.451 e. The molecule has 1 aliphatic rings. The number of carbonyl (C=O) groups is 4. The summed E-state index contributed by atoms with van der Waals surface area (Å²) in [6.07, 6.45) is 0. The second kappa shape index (κ2) is 9.27. The predicted octanol–water partition coefficient (Wildman–Crippen LogP) is 3.55. The predicted molar refractivity (Wildman–Crippen MR) is 135 cm³/mol. The van der Waals surface area contributed by atoms with E-state index >= 15 is 0 Å². The van der Waals surface area contributed by atoms with Crippen molar-refractivity contribution in [1.29, 1.82) is 0 Å². The molecule has 1 aromatic heterocycles. The molecule has 0 saturated heterocycles. The van der Waals surface area contributed by atoms with Crippen LogP contribution >= 0.6 is 0 Å². The molecule has 0 spiro atoms. The van der Waals surface area contributed by atoms with Gasteiger partial charge in [-0.1, -0.05) is 42.5 Å². The van der Waals surface area contributed by atoms with E-state index in [1.807, 2.05) is 0 Å². The first kappa shape index (κ1) is 23.8. The molecule has 3 aromatic carbocycles. The zero-order valence-corrected chi connectivity index (χ0v) is 20.0. The van der Waals surface area contributed by atoms with Crippen molar-refractivity contribution in [2.45, 2.75) is 19.9 Å². The largest absolute Gasteiger partial charge is 0.451 e. The molecule has 184 valence electrons. The Labute approximate surface area is 210 Å². The number of ether oxygens (including phenoxy) is 1. The Hall–Kier alpha value is -4.92. The summed E-state index contributed by atoms with van der Waals surface area (Å²) in [4.78, 5) is 63.7. The molecule has 0 radical (unpaired) electrons. The molecule has 5 rings (SSSR count). The molecular formula is C28H21N3O6. The Bertz CT molecular complexity index is 1690. The lowest BCUT2D eigenvalue weighted by Gasteiger charge is -2.18. The number of carbonyl (C=O) groups excluding carboxylic acids is 4. The molecule has 0 bridgehead atoms. The normalized spacial score (nSPS) is 12.3. The van der Waals surface area contributed by atoms with Gasteiger partial charge in [0.05, 0.1) is 11.4 Å². The van der Waals surface area contributed by atoms with Crippen molar-refractivity contribution in [2.24, 2.45) is 0 Å². The van der Waals surface area contributed by atoms with Crippen molar-refractivity contribution in [3.63, 3.8) is 0 Å². The van der Waals surface area contributed by atoms with E-state index in [9.17, 15) is 24.0 Å². The number of fused-ring (bicyclic) bond motifs is 3. The maximum absolute atomic E-state index is 12.9. The summed E-state index contributed by atoms with van der Waals surface area (Å²) in [5.41, 5.74) is 0.957. The number of nitrogens with one attached hydrogen (secondary N) is 1. The molecular weight excluding hydrogens is 474 g/mol. The third kappa shape index (κ3) is 4.20. The van der Waals surface area contributed by atoms with Crippen LogP contribution in [0.15, 0.2) is 71.5 Å². The maximum Gasteiger partial charge on any atom is 0.359 e. The first-order valence-corrected chi connectivity index (χ1v) is 11.6. The molecule has 1 N–H and O–H groups in total. The molecule has 0 fully saturated rings. The van der Waals surface area contributed by atoms with Gasteiger partial charge in [0.1, 0.15) is 0 Å². The molecule has 4 aromatic rings. The Kier molecular flexibility index (Phi) is 5.96. The summed E-state index contributed by atoms with van der Waals surface area (Å²) < 4.78 is 6.39. The number of nitrogens with zero attached hydrogens (tertiary/aromatic N) is 2. The summed E-state index contributed by atoms with van der Waals surface area (Å²) in [7, 11) is 0. The van der Waals surface area contributed by atoms with E-state index in [0.29, 0.717) is 21.9 Å². The number of hydrogen-bond donors (Lipinski definition) is 1. The summed E-state index contributed by atoms with van der Waals surface area (Å²) in [5, 5.41) is 7.40. The average Bonchev–Trinajstić information content (AvgIpc) is 2.90. The monoisotopic (exact) mass is 495 g/mol. The topological polar surface area (TPSA) is 124 Å². The first-order valence-electron chi connectivity index (χ1n) is 11.6. The van der Waals surface area contributed by atoms with Crippen LogP contribution in [0.1, 0.15) is 62.2 Å². The van der Waals surface area contributed by atoms with Crippen LogP contribution in [0.2, 0.25) is 0 Å². The highest BCUT2D eigenvalue weighted by Crippen LogP contribution is 2.29. The van der Waals surface area contributed by atoms with Gasteiger partial charge in [-0.2, -0.15) is 5.10 Å². The van der Waals surface area contributed by atoms with Crippen molar-refractivity contribution in [3.8, 4) is 0 Å². The van der Waals surface area contributed by atoms with Crippen LogP contribution in [-0.2, 0) is 9.53 Å². The van der Waals surface area contributed by atoms with Crippen LogP contribution in [0.4, 0.5) is 5.69 Å². The van der Waals surface area contributed by atoms with E-state index in [1.165, 1.54) is 22.9 Å². The number of benzene rings is 3. The molecule has 9 nitrogen and oxygen atoms in total. The summed E-state index contributed by atoms with van der Waals surface area (Å²) in [6.45, 7) is 2.91. The number of amides is 1. The molecule has 9 heteroatoms. The summed E-state index contributed by atoms with van der Waals surface area (Å²) in [6, 6.07) is 17.2. The number of ketones is 2. The fourth-order valence-corrected chi connectivity index (χ4v) is 4.28. The van der Waals surface area contributed by atoms with E-state index in [-0.39, 0.29) is 45.7 Å². The lowest BCUT2D eigenvalue weighted by Crippen LogP contribution is -2.29. The highest BCUT2D eigenvalue weighted by atomic mass is 16.5. The smallest absolute Gasteiger partial charge is 0.359 e. The molecule has 0 aliphatic heterocycles. The SMILES string of the molecule is CC(C)n1nc(C(=O)OCC(=O)Nc2ccc3c(c2)C(=O)c2ccccc2C3=O)c2ccccc2c1=O. The third-order valence-electron chi connectivity index (χ3n) is 6.05. The van der Waals surface area contributed by atoms with E-state index < -0.39 is 18.5 Å². The quantitative estimate of drug-likeness (QED) is 0.370. The molecule has 1 heterocycles. The van der Waals surface area contributed by atoms with Crippen molar-refractivity contribution in [2.75, 3.05) is 11.9 Å². The summed E-state index contributed by atoms with van der Waals surface area (Å²) >= 11 is 0. The van der Waals surface area contributed by atoms with Crippen molar-refractivity contribution >= 4 is 39.9 Å². The van der Waals surface area contributed by atoms with E-state index in [4.69, 9.17) is 4.74 Å². The fourth-order valence-electron chi connectivity index (χ4n) is 4.28. The lowest BCUT2D eigenvalue weighted by atomic mass is 9.84. The van der Waals surface area contributed by atoms with E-state index in [1.54, 1.807) is 62.4 Å². The second-order valence-corrected chi connectivity index (χ2v) is 8.83. The molecule has 1 amide bonds. The van der Waals surface area contributed by atoms with E-state index in [2.05, 4.69) is 10.4 Å².